The molecule has 130 valence electrons. The summed E-state index contributed by atoms with van der Waals surface area (Å²) in [5.41, 5.74) is 7.49. The summed E-state index contributed by atoms with van der Waals surface area (Å²) in [6.07, 6.45) is 5.26. The van der Waals surface area contributed by atoms with Crippen molar-refractivity contribution in [1.82, 2.24) is 0 Å². The van der Waals surface area contributed by atoms with Crippen LogP contribution in [0.25, 0.3) is 0 Å². The molecule has 1 aromatic carbocycles. The number of carbonyl (C=O) groups excluding carboxylic acids is 1. The number of unbranched alkanes of at least 4 members (excludes halogenated alkanes) is 3. The molecule has 0 aliphatic heterocycles. The van der Waals surface area contributed by atoms with Gasteiger partial charge in [-0.25, -0.2) is 0 Å². The van der Waals surface area contributed by atoms with Crippen molar-refractivity contribution in [1.29, 1.82) is 0 Å². The second-order valence-electron chi connectivity index (χ2n) is 5.78. The molecule has 0 spiro atoms. The first-order valence-corrected chi connectivity index (χ1v) is 9.81. The maximum Gasteiger partial charge on any atom is 0.325 e. The molecule has 0 unspecified atom stereocenters. The quantitative estimate of drug-likeness (QED) is 0.386. The summed E-state index contributed by atoms with van der Waals surface area (Å²) in [6, 6.07) is 6.67. The van der Waals surface area contributed by atoms with E-state index in [1.165, 1.54) is 19.3 Å². The molecule has 0 fully saturated rings. The maximum absolute atomic E-state index is 12.0. The molecule has 1 atom stereocenters. The molecule has 7 heteroatoms. The second-order valence-corrected chi connectivity index (χ2v) is 7.56. The van der Waals surface area contributed by atoms with Crippen LogP contribution in [0.5, 0.6) is 0 Å². The lowest BCUT2D eigenvalue weighted by atomic mass is 10.1. The van der Waals surface area contributed by atoms with Crippen molar-refractivity contribution < 1.29 is 19.1 Å². The number of carbonyl (C=O) groups is 1. The van der Waals surface area contributed by atoms with Crippen molar-refractivity contribution in [2.24, 2.45) is 5.73 Å². The van der Waals surface area contributed by atoms with E-state index in [2.05, 4.69) is 12.2 Å². The average molecular weight is 342 g/mol. The van der Waals surface area contributed by atoms with E-state index >= 15 is 0 Å². The third-order valence-electron chi connectivity index (χ3n) is 3.58. The van der Waals surface area contributed by atoms with Crippen LogP contribution in [-0.2, 0) is 15.8 Å². The van der Waals surface area contributed by atoms with Crippen LogP contribution in [0.2, 0.25) is 0 Å². The molecule has 0 radical (unpaired) electrons. The predicted octanol–water partition coefficient (Wildman–Crippen LogP) is 2.64. The zero-order valence-corrected chi connectivity index (χ0v) is 14.5. The smallest absolute Gasteiger partial charge is 0.325 e. The fourth-order valence-electron chi connectivity index (χ4n) is 2.23. The minimum Gasteiger partial charge on any atom is -0.325 e. The first kappa shape index (κ1) is 19.8. The van der Waals surface area contributed by atoms with Crippen LogP contribution in [-0.4, -0.2) is 27.9 Å². The number of benzene rings is 1. The normalized spacial score (nSPS) is 12.9. The van der Waals surface area contributed by atoms with Gasteiger partial charge in [-0.3, -0.25) is 9.36 Å². The number of nitrogens with two attached hydrogens (primary N) is 1. The van der Waals surface area contributed by atoms with Crippen LogP contribution in [0.1, 0.15) is 44.6 Å². The van der Waals surface area contributed by atoms with Gasteiger partial charge in [-0.15, -0.1) is 0 Å². The summed E-state index contributed by atoms with van der Waals surface area (Å²) >= 11 is 0. The third kappa shape index (κ3) is 8.86. The molecule has 0 aliphatic rings. The molecule has 6 nitrogen and oxygen atoms in total. The average Bonchev–Trinajstić information content (AvgIpc) is 2.49. The Morgan fingerprint density at radius 2 is 2.04 bits per heavy atom. The molecule has 23 heavy (non-hydrogen) atoms. The van der Waals surface area contributed by atoms with Gasteiger partial charge >= 0.3 is 7.60 Å². The Morgan fingerprint density at radius 1 is 1.30 bits per heavy atom. The Balaban J connectivity index is 2.49. The molecule has 0 aliphatic carbocycles. The van der Waals surface area contributed by atoms with Crippen molar-refractivity contribution in [2.75, 3.05) is 11.5 Å². The number of aryl methyl sites for hydroxylation is 1. The minimum absolute atomic E-state index is 0.0488. The van der Waals surface area contributed by atoms with Crippen LogP contribution < -0.4 is 11.1 Å². The Morgan fingerprint density at radius 3 is 2.70 bits per heavy atom. The highest BCUT2D eigenvalue weighted by Crippen LogP contribution is 2.35. The molecular weight excluding hydrogens is 315 g/mol. The summed E-state index contributed by atoms with van der Waals surface area (Å²) in [4.78, 5) is 29.6. The summed E-state index contributed by atoms with van der Waals surface area (Å²) in [7, 11) is -4.13. The Bertz CT molecular complexity index is 545. The third-order valence-corrected chi connectivity index (χ3v) is 4.42. The van der Waals surface area contributed by atoms with Gasteiger partial charge in [0.1, 0.15) is 0 Å². The lowest BCUT2D eigenvalue weighted by Crippen LogP contribution is -2.36. The van der Waals surface area contributed by atoms with Crippen molar-refractivity contribution in [2.45, 2.75) is 51.5 Å². The van der Waals surface area contributed by atoms with Gasteiger partial charge in [0.15, 0.2) is 0 Å². The molecule has 1 aromatic rings. The van der Waals surface area contributed by atoms with E-state index in [9.17, 15) is 9.36 Å². The van der Waals surface area contributed by atoms with Crippen LogP contribution in [0.3, 0.4) is 0 Å². The van der Waals surface area contributed by atoms with E-state index in [4.69, 9.17) is 15.5 Å². The number of nitrogens with one attached hydrogen (secondary N) is 1. The number of anilines is 1. The first-order valence-electron chi connectivity index (χ1n) is 8.02. The molecule has 1 rings (SSSR count). The van der Waals surface area contributed by atoms with Crippen molar-refractivity contribution in [3.63, 3.8) is 0 Å². The van der Waals surface area contributed by atoms with Gasteiger partial charge in [-0.2, -0.15) is 0 Å². The van der Waals surface area contributed by atoms with Crippen LogP contribution in [0.15, 0.2) is 24.3 Å². The fraction of sp³-hybridized carbons (Fsp3) is 0.562. The molecule has 1 amide bonds. The Hall–Kier alpha value is -1.20. The summed E-state index contributed by atoms with van der Waals surface area (Å²) in [6.45, 7) is 2.17. The number of hydrogen-bond donors (Lipinski definition) is 4. The monoisotopic (exact) mass is 342 g/mol. The number of rotatable bonds is 10. The van der Waals surface area contributed by atoms with Crippen molar-refractivity contribution in [3.05, 3.63) is 29.8 Å². The molecule has 0 aromatic heterocycles. The molecule has 0 saturated carbocycles. The van der Waals surface area contributed by atoms with Gasteiger partial charge in [-0.05, 0) is 37.0 Å². The molecule has 0 bridgehead atoms. The van der Waals surface area contributed by atoms with Gasteiger partial charge in [0.2, 0.25) is 5.91 Å². The number of hydrogen-bond acceptors (Lipinski definition) is 3. The SMILES string of the molecule is CCCCCCc1cccc(NC(=O)[C@H](N)CCP(=O)(O)O)c1. The zero-order valence-electron chi connectivity index (χ0n) is 13.6. The fourth-order valence-corrected chi connectivity index (χ4v) is 2.85. The second kappa shape index (κ2) is 9.83. The minimum atomic E-state index is -4.13. The standard InChI is InChI=1S/C16H27N2O4P/c1-2-3-4-5-7-13-8-6-9-14(12-13)18-16(19)15(17)10-11-23(20,21)22/h6,8-9,12,15H,2-5,7,10-11,17H2,1H3,(H,18,19)(H2,20,21,22)/t15-/m1/s1. The van der Waals surface area contributed by atoms with Crippen LogP contribution >= 0.6 is 7.60 Å². The maximum atomic E-state index is 12.0. The van der Waals surface area contributed by atoms with Gasteiger partial charge in [0, 0.05) is 5.69 Å². The number of amides is 1. The summed E-state index contributed by atoms with van der Waals surface area (Å²) in [5, 5.41) is 2.70. The summed E-state index contributed by atoms with van der Waals surface area (Å²) in [5.74, 6) is -0.429. The summed E-state index contributed by atoms with van der Waals surface area (Å²) < 4.78 is 10.8. The molecule has 0 saturated heterocycles. The van der Waals surface area contributed by atoms with E-state index in [0.29, 0.717) is 5.69 Å². The Labute approximate surface area is 137 Å². The van der Waals surface area contributed by atoms with Crippen LogP contribution in [0, 0.1) is 0 Å². The van der Waals surface area contributed by atoms with E-state index in [1.807, 2.05) is 18.2 Å². The van der Waals surface area contributed by atoms with E-state index in [-0.39, 0.29) is 12.6 Å². The lowest BCUT2D eigenvalue weighted by Gasteiger charge is -2.13. The predicted molar refractivity (Wildman–Crippen MR) is 92.4 cm³/mol. The van der Waals surface area contributed by atoms with Crippen LogP contribution in [0.4, 0.5) is 5.69 Å². The van der Waals surface area contributed by atoms with Crippen molar-refractivity contribution >= 4 is 19.2 Å². The Kier molecular flexibility index (Phi) is 8.48. The zero-order chi connectivity index (χ0) is 17.3. The first-order chi connectivity index (χ1) is 10.8. The highest BCUT2D eigenvalue weighted by Gasteiger charge is 2.19. The van der Waals surface area contributed by atoms with Gasteiger partial charge in [0.05, 0.1) is 12.2 Å². The van der Waals surface area contributed by atoms with Gasteiger partial charge < -0.3 is 20.8 Å². The molecule has 5 N–H and O–H groups in total. The topological polar surface area (TPSA) is 113 Å². The largest absolute Gasteiger partial charge is 0.325 e. The molecular formula is C16H27N2O4P. The lowest BCUT2D eigenvalue weighted by molar-refractivity contribution is -0.117. The van der Waals surface area contributed by atoms with Gasteiger partial charge in [-0.1, -0.05) is 38.3 Å². The van der Waals surface area contributed by atoms with E-state index in [1.54, 1.807) is 6.07 Å². The van der Waals surface area contributed by atoms with E-state index < -0.39 is 19.5 Å². The highest BCUT2D eigenvalue weighted by molar-refractivity contribution is 7.51. The van der Waals surface area contributed by atoms with Gasteiger partial charge in [0.25, 0.3) is 0 Å². The van der Waals surface area contributed by atoms with Crippen molar-refractivity contribution in [3.8, 4) is 0 Å². The highest BCUT2D eigenvalue weighted by atomic mass is 31.2. The molecule has 0 heterocycles. The van der Waals surface area contributed by atoms with E-state index in [0.717, 1.165) is 18.4 Å².